The number of benzene rings is 1. The minimum atomic E-state index is -0.531. The summed E-state index contributed by atoms with van der Waals surface area (Å²) in [4.78, 5) is 0. The van der Waals surface area contributed by atoms with Crippen LogP contribution in [0.5, 0.6) is 0 Å². The van der Waals surface area contributed by atoms with Gasteiger partial charge in [-0.05, 0) is 12.5 Å². The predicted octanol–water partition coefficient (Wildman–Crippen LogP) is 0.914. The molecule has 3 nitrogen and oxygen atoms in total. The van der Waals surface area contributed by atoms with E-state index in [1.165, 1.54) is 5.01 Å². The molecule has 0 aliphatic heterocycles. The molecule has 13 heavy (non-hydrogen) atoms. The molecule has 3 N–H and O–H groups in total. The van der Waals surface area contributed by atoms with E-state index in [4.69, 9.17) is 5.84 Å². The van der Waals surface area contributed by atoms with E-state index in [1.807, 2.05) is 37.3 Å². The Balaban J connectivity index is 2.73. The van der Waals surface area contributed by atoms with Crippen molar-refractivity contribution in [2.24, 2.45) is 5.84 Å². The second-order valence-electron chi connectivity index (χ2n) is 3.26. The lowest BCUT2D eigenvalue weighted by atomic mass is 10.0. The zero-order chi connectivity index (χ0) is 9.84. The van der Waals surface area contributed by atoms with E-state index in [-0.39, 0.29) is 6.04 Å². The number of nitrogens with two attached hydrogens (primary N) is 1. The molecule has 0 saturated heterocycles. The van der Waals surface area contributed by atoms with Crippen LogP contribution >= 0.6 is 0 Å². The number of hydrazine groups is 1. The summed E-state index contributed by atoms with van der Waals surface area (Å²) in [7, 11) is 1.75. The van der Waals surface area contributed by atoms with E-state index >= 15 is 0 Å². The topological polar surface area (TPSA) is 49.5 Å². The summed E-state index contributed by atoms with van der Waals surface area (Å²) in [6, 6.07) is 9.44. The van der Waals surface area contributed by atoms with Crippen molar-refractivity contribution in [2.45, 2.75) is 19.1 Å². The van der Waals surface area contributed by atoms with Gasteiger partial charge in [0.2, 0.25) is 0 Å². The van der Waals surface area contributed by atoms with Crippen LogP contribution in [0.2, 0.25) is 0 Å². The molecule has 0 aliphatic rings. The summed E-state index contributed by atoms with van der Waals surface area (Å²) in [6.45, 7) is 1.89. The predicted molar refractivity (Wildman–Crippen MR) is 52.8 cm³/mol. The van der Waals surface area contributed by atoms with Crippen LogP contribution in [0.25, 0.3) is 0 Å². The van der Waals surface area contributed by atoms with Crippen LogP contribution in [0, 0.1) is 0 Å². The summed E-state index contributed by atoms with van der Waals surface area (Å²) in [5, 5.41) is 11.3. The van der Waals surface area contributed by atoms with Crippen LogP contribution in [-0.2, 0) is 0 Å². The first kappa shape index (κ1) is 10.2. The molecule has 1 aromatic carbocycles. The zero-order valence-electron chi connectivity index (χ0n) is 8.01. The van der Waals surface area contributed by atoms with Gasteiger partial charge in [-0.25, -0.2) is 5.01 Å². The standard InChI is InChI=1S/C10H16N2O/c1-8(12(2)11)10(13)9-6-4-3-5-7-9/h3-8,10,13H,11H2,1-2H3/t8-,10?/m1/s1. The summed E-state index contributed by atoms with van der Waals surface area (Å²) in [5.74, 6) is 5.55. The Morgan fingerprint density at radius 3 is 2.31 bits per heavy atom. The van der Waals surface area contributed by atoms with E-state index in [0.717, 1.165) is 5.56 Å². The number of aliphatic hydroxyl groups excluding tert-OH is 1. The van der Waals surface area contributed by atoms with Crippen molar-refractivity contribution < 1.29 is 5.11 Å². The number of nitrogens with zero attached hydrogens (tertiary/aromatic N) is 1. The van der Waals surface area contributed by atoms with Crippen LogP contribution in [-0.4, -0.2) is 23.2 Å². The van der Waals surface area contributed by atoms with E-state index in [9.17, 15) is 5.11 Å². The number of likely N-dealkylation sites (N-methyl/N-ethyl adjacent to an activating group) is 1. The summed E-state index contributed by atoms with van der Waals surface area (Å²) >= 11 is 0. The zero-order valence-corrected chi connectivity index (χ0v) is 8.01. The fourth-order valence-corrected chi connectivity index (χ4v) is 1.15. The molecule has 0 heterocycles. The molecule has 0 amide bonds. The minimum absolute atomic E-state index is 0.0811. The lowest BCUT2D eigenvalue weighted by Crippen LogP contribution is -2.39. The maximum absolute atomic E-state index is 9.84. The average molecular weight is 180 g/mol. The van der Waals surface area contributed by atoms with Gasteiger partial charge in [0.05, 0.1) is 12.1 Å². The second kappa shape index (κ2) is 4.37. The SMILES string of the molecule is C[C@H](C(O)c1ccccc1)N(C)N. The van der Waals surface area contributed by atoms with E-state index in [2.05, 4.69) is 0 Å². The molecule has 1 unspecified atom stereocenters. The summed E-state index contributed by atoms with van der Waals surface area (Å²) < 4.78 is 0. The maximum Gasteiger partial charge on any atom is 0.0956 e. The highest BCUT2D eigenvalue weighted by Crippen LogP contribution is 2.17. The highest BCUT2D eigenvalue weighted by Gasteiger charge is 2.17. The van der Waals surface area contributed by atoms with Gasteiger partial charge in [-0.3, -0.25) is 5.84 Å². The number of hydrogen-bond acceptors (Lipinski definition) is 3. The molecule has 72 valence electrons. The largest absolute Gasteiger partial charge is 0.387 e. The first-order valence-corrected chi connectivity index (χ1v) is 4.33. The molecule has 1 aromatic rings. The molecule has 0 aliphatic carbocycles. The second-order valence-corrected chi connectivity index (χ2v) is 3.26. The normalized spacial score (nSPS) is 15.8. The third kappa shape index (κ3) is 2.52. The summed E-state index contributed by atoms with van der Waals surface area (Å²) in [5.41, 5.74) is 0.896. The molecule has 0 aromatic heterocycles. The van der Waals surface area contributed by atoms with Gasteiger partial charge in [0, 0.05) is 7.05 Å². The Labute approximate surface area is 78.8 Å². The fraction of sp³-hybridized carbons (Fsp3) is 0.400. The number of hydrogen-bond donors (Lipinski definition) is 2. The van der Waals surface area contributed by atoms with Gasteiger partial charge < -0.3 is 5.11 Å². The smallest absolute Gasteiger partial charge is 0.0956 e. The quantitative estimate of drug-likeness (QED) is 0.537. The van der Waals surface area contributed by atoms with Crippen LogP contribution < -0.4 is 5.84 Å². The molecule has 0 saturated carbocycles. The van der Waals surface area contributed by atoms with E-state index < -0.39 is 6.10 Å². The molecule has 0 bridgehead atoms. The van der Waals surface area contributed by atoms with Crippen molar-refractivity contribution in [3.63, 3.8) is 0 Å². The number of rotatable bonds is 3. The molecule has 0 fully saturated rings. The molecule has 0 spiro atoms. The monoisotopic (exact) mass is 180 g/mol. The Hall–Kier alpha value is -0.900. The molecule has 0 radical (unpaired) electrons. The van der Waals surface area contributed by atoms with Crippen molar-refractivity contribution in [3.8, 4) is 0 Å². The van der Waals surface area contributed by atoms with E-state index in [0.29, 0.717) is 0 Å². The first-order valence-electron chi connectivity index (χ1n) is 4.33. The van der Waals surface area contributed by atoms with Gasteiger partial charge >= 0.3 is 0 Å². The van der Waals surface area contributed by atoms with Crippen molar-refractivity contribution in [2.75, 3.05) is 7.05 Å². The van der Waals surface area contributed by atoms with Gasteiger partial charge in [0.15, 0.2) is 0 Å². The third-order valence-corrected chi connectivity index (χ3v) is 2.24. The molecule has 2 atom stereocenters. The van der Waals surface area contributed by atoms with Crippen molar-refractivity contribution in [3.05, 3.63) is 35.9 Å². The highest BCUT2D eigenvalue weighted by atomic mass is 16.3. The Bertz CT molecular complexity index is 248. The summed E-state index contributed by atoms with van der Waals surface area (Å²) in [6.07, 6.45) is -0.531. The van der Waals surface area contributed by atoms with Gasteiger partial charge in [-0.2, -0.15) is 0 Å². The van der Waals surface area contributed by atoms with Gasteiger partial charge in [-0.1, -0.05) is 30.3 Å². The Morgan fingerprint density at radius 1 is 1.31 bits per heavy atom. The molecule has 1 rings (SSSR count). The maximum atomic E-state index is 9.84. The highest BCUT2D eigenvalue weighted by molar-refractivity contribution is 5.18. The molecular formula is C10H16N2O. The van der Waals surface area contributed by atoms with Gasteiger partial charge in [-0.15, -0.1) is 0 Å². The van der Waals surface area contributed by atoms with Gasteiger partial charge in [0.25, 0.3) is 0 Å². The lowest BCUT2D eigenvalue weighted by molar-refractivity contribution is 0.0729. The fourth-order valence-electron chi connectivity index (χ4n) is 1.15. The lowest BCUT2D eigenvalue weighted by Gasteiger charge is -2.24. The van der Waals surface area contributed by atoms with E-state index in [1.54, 1.807) is 7.05 Å². The van der Waals surface area contributed by atoms with Crippen LogP contribution in [0.3, 0.4) is 0 Å². The van der Waals surface area contributed by atoms with Crippen molar-refractivity contribution >= 4 is 0 Å². The average Bonchev–Trinajstić information content (AvgIpc) is 2.17. The first-order chi connectivity index (χ1) is 6.13. The number of aliphatic hydroxyl groups is 1. The van der Waals surface area contributed by atoms with Crippen LogP contribution in [0.4, 0.5) is 0 Å². The minimum Gasteiger partial charge on any atom is -0.387 e. The third-order valence-electron chi connectivity index (χ3n) is 2.24. The van der Waals surface area contributed by atoms with Crippen LogP contribution in [0.15, 0.2) is 30.3 Å². The van der Waals surface area contributed by atoms with Crippen molar-refractivity contribution in [1.82, 2.24) is 5.01 Å². The van der Waals surface area contributed by atoms with Gasteiger partial charge in [0.1, 0.15) is 0 Å². The van der Waals surface area contributed by atoms with Crippen molar-refractivity contribution in [1.29, 1.82) is 0 Å². The van der Waals surface area contributed by atoms with Crippen LogP contribution in [0.1, 0.15) is 18.6 Å². The Kier molecular flexibility index (Phi) is 3.42. The Morgan fingerprint density at radius 2 is 1.85 bits per heavy atom. The molecular weight excluding hydrogens is 164 g/mol. The molecule has 3 heteroatoms.